The molecule has 0 aliphatic carbocycles. The Bertz CT molecular complexity index is 633. The number of pyridine rings is 1. The van der Waals surface area contributed by atoms with E-state index in [1.54, 1.807) is 12.3 Å². The number of nitrogens with zero attached hydrogens (tertiary/aromatic N) is 1. The van der Waals surface area contributed by atoms with E-state index in [2.05, 4.69) is 24.1 Å². The molecule has 1 aromatic heterocycles. The Morgan fingerprint density at radius 3 is 2.62 bits per heavy atom. The number of hydrogen-bond donors (Lipinski definition) is 2. The van der Waals surface area contributed by atoms with Crippen LogP contribution in [0.2, 0.25) is 0 Å². The fourth-order valence-corrected chi connectivity index (χ4v) is 2.20. The van der Waals surface area contributed by atoms with E-state index in [1.165, 1.54) is 0 Å². The molecule has 2 rings (SSSR count). The van der Waals surface area contributed by atoms with Crippen LogP contribution in [0.3, 0.4) is 0 Å². The summed E-state index contributed by atoms with van der Waals surface area (Å²) >= 11 is 0. The maximum absolute atomic E-state index is 12.3. The minimum atomic E-state index is -0.199. The lowest BCUT2D eigenvalue weighted by atomic mass is 9.98. The third-order valence-electron chi connectivity index (χ3n) is 3.46. The molecule has 110 valence electrons. The van der Waals surface area contributed by atoms with Gasteiger partial charge in [0.15, 0.2) is 0 Å². The van der Waals surface area contributed by atoms with Gasteiger partial charge in [0.1, 0.15) is 5.69 Å². The van der Waals surface area contributed by atoms with Crippen LogP contribution in [-0.4, -0.2) is 10.9 Å². The first-order valence-electron chi connectivity index (χ1n) is 7.08. The molecule has 4 nitrogen and oxygen atoms in total. The molecule has 0 spiro atoms. The van der Waals surface area contributed by atoms with Gasteiger partial charge in [0.05, 0.1) is 0 Å². The zero-order valence-corrected chi connectivity index (χ0v) is 12.7. The van der Waals surface area contributed by atoms with Crippen molar-refractivity contribution in [1.29, 1.82) is 0 Å². The van der Waals surface area contributed by atoms with Crippen LogP contribution in [0.15, 0.2) is 36.5 Å². The normalized spacial score (nSPS) is 10.7. The van der Waals surface area contributed by atoms with Crippen LogP contribution < -0.4 is 11.1 Å². The Hall–Kier alpha value is -2.20. The molecule has 4 heteroatoms. The van der Waals surface area contributed by atoms with Crippen molar-refractivity contribution in [2.45, 2.75) is 33.2 Å². The molecule has 0 unspecified atom stereocenters. The van der Waals surface area contributed by atoms with Gasteiger partial charge in [-0.2, -0.15) is 0 Å². The van der Waals surface area contributed by atoms with Gasteiger partial charge in [0, 0.05) is 18.4 Å². The summed E-state index contributed by atoms with van der Waals surface area (Å²) in [5, 5.41) is 2.98. The van der Waals surface area contributed by atoms with Crippen molar-refractivity contribution in [3.8, 4) is 0 Å². The van der Waals surface area contributed by atoms with E-state index >= 15 is 0 Å². The summed E-state index contributed by atoms with van der Waals surface area (Å²) in [7, 11) is 0. The predicted octanol–water partition coefficient (Wildman–Crippen LogP) is 3.22. The second kappa shape index (κ2) is 6.50. The van der Waals surface area contributed by atoms with Gasteiger partial charge >= 0.3 is 0 Å². The van der Waals surface area contributed by atoms with Crippen molar-refractivity contribution < 1.29 is 4.79 Å². The Balaban J connectivity index is 2.26. The van der Waals surface area contributed by atoms with E-state index in [4.69, 9.17) is 5.73 Å². The summed E-state index contributed by atoms with van der Waals surface area (Å²) in [5.41, 5.74) is 9.89. The fraction of sp³-hybridized carbons (Fsp3) is 0.294. The van der Waals surface area contributed by atoms with Gasteiger partial charge in [-0.15, -0.1) is 0 Å². The van der Waals surface area contributed by atoms with Crippen molar-refractivity contribution in [3.05, 3.63) is 58.9 Å². The highest BCUT2D eigenvalue weighted by Crippen LogP contribution is 2.27. The lowest BCUT2D eigenvalue weighted by Crippen LogP contribution is -2.16. The molecular formula is C17H21N3O. The van der Waals surface area contributed by atoms with Crippen molar-refractivity contribution in [1.82, 2.24) is 4.98 Å². The molecule has 3 N–H and O–H groups in total. The largest absolute Gasteiger partial charge is 0.326 e. The summed E-state index contributed by atoms with van der Waals surface area (Å²) in [4.78, 5) is 16.5. The van der Waals surface area contributed by atoms with E-state index < -0.39 is 0 Å². The molecule has 0 aliphatic rings. The Kier molecular flexibility index (Phi) is 4.70. The second-order valence-electron chi connectivity index (χ2n) is 5.40. The van der Waals surface area contributed by atoms with Crippen LogP contribution in [0, 0.1) is 6.92 Å². The minimum absolute atomic E-state index is 0.199. The maximum atomic E-state index is 12.3. The summed E-state index contributed by atoms with van der Waals surface area (Å²) in [6.07, 6.45) is 1.64. The summed E-state index contributed by atoms with van der Waals surface area (Å²) in [6, 6.07) is 9.56. The number of rotatable bonds is 4. The van der Waals surface area contributed by atoms with Crippen molar-refractivity contribution in [2.75, 3.05) is 5.32 Å². The maximum Gasteiger partial charge on any atom is 0.274 e. The molecule has 0 radical (unpaired) electrons. The van der Waals surface area contributed by atoms with Crippen molar-refractivity contribution in [2.24, 2.45) is 5.73 Å². The number of amides is 1. The van der Waals surface area contributed by atoms with Crippen molar-refractivity contribution in [3.63, 3.8) is 0 Å². The Labute approximate surface area is 125 Å². The average molecular weight is 283 g/mol. The number of anilines is 1. The fourth-order valence-electron chi connectivity index (χ4n) is 2.20. The monoisotopic (exact) mass is 283 g/mol. The van der Waals surface area contributed by atoms with Gasteiger partial charge in [-0.25, -0.2) is 0 Å². The highest BCUT2D eigenvalue weighted by molar-refractivity contribution is 6.03. The molecule has 0 saturated carbocycles. The first kappa shape index (κ1) is 15.2. The molecule has 0 fully saturated rings. The highest BCUT2D eigenvalue weighted by atomic mass is 16.1. The zero-order valence-electron chi connectivity index (χ0n) is 12.7. The number of carbonyl (C=O) groups excluding carboxylic acids is 1. The van der Waals surface area contributed by atoms with E-state index in [-0.39, 0.29) is 5.91 Å². The average Bonchev–Trinajstić information content (AvgIpc) is 2.49. The Morgan fingerprint density at radius 2 is 2.05 bits per heavy atom. The molecule has 1 heterocycles. The summed E-state index contributed by atoms with van der Waals surface area (Å²) in [6.45, 7) is 6.63. The van der Waals surface area contributed by atoms with E-state index in [0.717, 1.165) is 22.4 Å². The minimum Gasteiger partial charge on any atom is -0.326 e. The molecule has 1 aromatic carbocycles. The number of nitrogens with one attached hydrogen (secondary N) is 1. The van der Waals surface area contributed by atoms with Gasteiger partial charge in [0.25, 0.3) is 5.91 Å². The number of aromatic nitrogens is 1. The molecule has 0 bridgehead atoms. The first-order valence-corrected chi connectivity index (χ1v) is 7.08. The number of hydrogen-bond acceptors (Lipinski definition) is 3. The number of carbonyl (C=O) groups is 1. The lowest BCUT2D eigenvalue weighted by molar-refractivity contribution is 0.102. The van der Waals surface area contributed by atoms with Crippen LogP contribution in [0.5, 0.6) is 0 Å². The molecule has 0 saturated heterocycles. The van der Waals surface area contributed by atoms with E-state index in [1.807, 2.05) is 31.2 Å². The number of para-hydroxylation sites is 1. The number of aryl methyl sites for hydroxylation is 1. The van der Waals surface area contributed by atoms with Crippen molar-refractivity contribution >= 4 is 11.6 Å². The highest BCUT2D eigenvalue weighted by Gasteiger charge is 2.14. The molecule has 2 aromatic rings. The number of nitrogens with two attached hydrogens (primary N) is 1. The zero-order chi connectivity index (χ0) is 15.4. The lowest BCUT2D eigenvalue weighted by Gasteiger charge is -2.16. The van der Waals surface area contributed by atoms with Crippen LogP contribution in [0.25, 0.3) is 0 Å². The summed E-state index contributed by atoms with van der Waals surface area (Å²) in [5.74, 6) is 0.141. The molecule has 21 heavy (non-hydrogen) atoms. The van der Waals surface area contributed by atoms with Crippen LogP contribution in [0.4, 0.5) is 5.69 Å². The van der Waals surface area contributed by atoms with Crippen LogP contribution in [-0.2, 0) is 6.54 Å². The first-order chi connectivity index (χ1) is 10.0. The molecule has 1 amide bonds. The third kappa shape index (κ3) is 3.47. The predicted molar refractivity (Wildman–Crippen MR) is 85.3 cm³/mol. The Morgan fingerprint density at radius 1 is 1.29 bits per heavy atom. The van der Waals surface area contributed by atoms with Gasteiger partial charge in [-0.05, 0) is 35.6 Å². The molecule has 0 atom stereocenters. The second-order valence-corrected chi connectivity index (χ2v) is 5.40. The molecular weight excluding hydrogens is 262 g/mol. The topological polar surface area (TPSA) is 68.0 Å². The van der Waals surface area contributed by atoms with Gasteiger partial charge in [-0.1, -0.05) is 38.1 Å². The van der Waals surface area contributed by atoms with Gasteiger partial charge in [0.2, 0.25) is 0 Å². The van der Waals surface area contributed by atoms with Crippen LogP contribution >= 0.6 is 0 Å². The smallest absolute Gasteiger partial charge is 0.274 e. The SMILES string of the molecule is Cc1cccc(C(C)C)c1NC(=O)c1ccc(CN)cn1. The quantitative estimate of drug-likeness (QED) is 0.905. The summed E-state index contributed by atoms with van der Waals surface area (Å²) < 4.78 is 0. The third-order valence-corrected chi connectivity index (χ3v) is 3.46. The van der Waals surface area contributed by atoms with Gasteiger partial charge in [-0.3, -0.25) is 9.78 Å². The van der Waals surface area contributed by atoms with Crippen LogP contribution in [0.1, 0.15) is 46.9 Å². The molecule has 0 aliphatic heterocycles. The van der Waals surface area contributed by atoms with E-state index in [0.29, 0.717) is 18.2 Å². The number of benzene rings is 1. The van der Waals surface area contributed by atoms with E-state index in [9.17, 15) is 4.79 Å². The standard InChI is InChI=1S/C17H21N3O/c1-11(2)14-6-4-5-12(3)16(14)20-17(21)15-8-7-13(9-18)10-19-15/h4-8,10-11H,9,18H2,1-3H3,(H,20,21). The van der Waals surface area contributed by atoms with Gasteiger partial charge < -0.3 is 11.1 Å².